The summed E-state index contributed by atoms with van der Waals surface area (Å²) in [5, 5.41) is 24.4. The van der Waals surface area contributed by atoms with Crippen LogP contribution in [-0.4, -0.2) is 35.6 Å². The Bertz CT molecular complexity index is 777. The minimum Gasteiger partial charge on any atom is -0.387 e. The molecule has 2 N–H and O–H groups in total. The van der Waals surface area contributed by atoms with Gasteiger partial charge in [0.25, 0.3) is 5.91 Å². The number of benzene rings is 1. The lowest BCUT2D eigenvalue weighted by atomic mass is 10.1. The van der Waals surface area contributed by atoms with Gasteiger partial charge in [-0.05, 0) is 37.0 Å². The first-order valence-corrected chi connectivity index (χ1v) is 9.22. The highest BCUT2D eigenvalue weighted by atomic mass is 32.1. The zero-order valence-electron chi connectivity index (χ0n) is 13.8. The summed E-state index contributed by atoms with van der Waals surface area (Å²) >= 11 is 1.48. The van der Waals surface area contributed by atoms with Gasteiger partial charge in [-0.15, -0.1) is 11.3 Å². The highest BCUT2D eigenvalue weighted by Gasteiger charge is 2.18. The molecule has 0 radical (unpaired) electrons. The Hall–Kier alpha value is -2.43. The first-order chi connectivity index (χ1) is 12.2. The van der Waals surface area contributed by atoms with Gasteiger partial charge in [0.2, 0.25) is 0 Å². The predicted octanol–water partition coefficient (Wildman–Crippen LogP) is 2.47. The molecule has 2 heterocycles. The van der Waals surface area contributed by atoms with Gasteiger partial charge in [-0.1, -0.05) is 12.1 Å². The largest absolute Gasteiger partial charge is 0.387 e. The number of carbonyl (C=O) groups excluding carboxylic acids is 1. The van der Waals surface area contributed by atoms with E-state index < -0.39 is 6.10 Å². The van der Waals surface area contributed by atoms with Gasteiger partial charge in [-0.3, -0.25) is 4.79 Å². The number of anilines is 1. The Morgan fingerprint density at radius 2 is 2.20 bits per heavy atom. The number of hydrogen-bond donors (Lipinski definition) is 2. The van der Waals surface area contributed by atoms with Gasteiger partial charge < -0.3 is 15.3 Å². The molecular formula is C18H20N4O2S. The molecule has 130 valence electrons. The lowest BCUT2D eigenvalue weighted by Crippen LogP contribution is -2.30. The first-order valence-electron chi connectivity index (χ1n) is 8.34. The van der Waals surface area contributed by atoms with Crippen molar-refractivity contribution in [3.05, 3.63) is 46.5 Å². The van der Waals surface area contributed by atoms with E-state index >= 15 is 0 Å². The van der Waals surface area contributed by atoms with Crippen molar-refractivity contribution >= 4 is 22.4 Å². The molecule has 1 aliphatic rings. The third-order valence-corrected chi connectivity index (χ3v) is 5.11. The van der Waals surface area contributed by atoms with Gasteiger partial charge in [-0.2, -0.15) is 5.26 Å². The van der Waals surface area contributed by atoms with Crippen LogP contribution in [0.1, 0.15) is 47.0 Å². The zero-order chi connectivity index (χ0) is 17.6. The summed E-state index contributed by atoms with van der Waals surface area (Å²) < 4.78 is 0. The Balaban J connectivity index is 1.57. The first kappa shape index (κ1) is 17.4. The molecule has 1 amide bonds. The van der Waals surface area contributed by atoms with E-state index in [4.69, 9.17) is 5.26 Å². The van der Waals surface area contributed by atoms with Gasteiger partial charge in [0.15, 0.2) is 5.13 Å². The second-order valence-corrected chi connectivity index (χ2v) is 6.86. The van der Waals surface area contributed by atoms with Crippen molar-refractivity contribution in [1.82, 2.24) is 10.3 Å². The zero-order valence-corrected chi connectivity index (χ0v) is 14.6. The van der Waals surface area contributed by atoms with Crippen molar-refractivity contribution in [2.45, 2.75) is 25.4 Å². The number of hydrogen-bond acceptors (Lipinski definition) is 6. The maximum absolute atomic E-state index is 12.3. The number of nitrogens with zero attached hydrogens (tertiary/aromatic N) is 3. The van der Waals surface area contributed by atoms with Gasteiger partial charge >= 0.3 is 0 Å². The standard InChI is InChI=1S/C18H20N4O2S/c19-10-13-5-4-6-14(9-13)16(23)11-20-17(24)15-12-25-18(21-15)22-7-2-1-3-8-22/h4-6,9,12,16,23H,1-3,7-8,11H2,(H,20,24). The number of rotatable bonds is 5. The van der Waals surface area contributed by atoms with Gasteiger partial charge in [0, 0.05) is 25.0 Å². The molecule has 0 spiro atoms. The molecule has 1 unspecified atom stereocenters. The molecular weight excluding hydrogens is 336 g/mol. The van der Waals surface area contributed by atoms with Crippen LogP contribution in [-0.2, 0) is 0 Å². The lowest BCUT2D eigenvalue weighted by molar-refractivity contribution is 0.0912. The maximum atomic E-state index is 12.3. The molecule has 6 nitrogen and oxygen atoms in total. The van der Waals surface area contributed by atoms with Crippen LogP contribution >= 0.6 is 11.3 Å². The van der Waals surface area contributed by atoms with E-state index in [2.05, 4.69) is 15.2 Å². The van der Waals surface area contributed by atoms with Crippen LogP contribution in [0, 0.1) is 11.3 Å². The molecule has 1 aromatic carbocycles. The van der Waals surface area contributed by atoms with Gasteiger partial charge in [-0.25, -0.2) is 4.98 Å². The summed E-state index contributed by atoms with van der Waals surface area (Å²) in [6, 6.07) is 8.77. The van der Waals surface area contributed by atoms with Gasteiger partial charge in [0.1, 0.15) is 5.69 Å². The monoisotopic (exact) mass is 356 g/mol. The summed E-state index contributed by atoms with van der Waals surface area (Å²) in [5.41, 5.74) is 1.46. The predicted molar refractivity (Wildman–Crippen MR) is 96.6 cm³/mol. The summed E-state index contributed by atoms with van der Waals surface area (Å²) in [6.45, 7) is 2.05. The average molecular weight is 356 g/mol. The molecule has 0 aliphatic carbocycles. The number of piperidine rings is 1. The third kappa shape index (κ3) is 4.35. The van der Waals surface area contributed by atoms with Crippen LogP contribution in [0.4, 0.5) is 5.13 Å². The molecule has 7 heteroatoms. The van der Waals surface area contributed by atoms with Crippen LogP contribution in [0.3, 0.4) is 0 Å². The molecule has 1 fully saturated rings. The number of amides is 1. The fourth-order valence-corrected chi connectivity index (χ4v) is 3.67. The second kappa shape index (κ2) is 8.10. The average Bonchev–Trinajstić information content (AvgIpc) is 3.17. The molecule has 3 rings (SSSR count). The molecule has 0 bridgehead atoms. The summed E-state index contributed by atoms with van der Waals surface area (Å²) in [4.78, 5) is 18.9. The minimum absolute atomic E-state index is 0.0737. The molecule has 1 atom stereocenters. The van der Waals surface area contributed by atoms with E-state index in [0.717, 1.165) is 31.1 Å². The highest BCUT2D eigenvalue weighted by molar-refractivity contribution is 7.13. The fourth-order valence-electron chi connectivity index (χ4n) is 2.81. The molecule has 1 aromatic heterocycles. The lowest BCUT2D eigenvalue weighted by Gasteiger charge is -2.25. The SMILES string of the molecule is N#Cc1cccc(C(O)CNC(=O)c2csc(N3CCCCC3)n2)c1. The van der Waals surface area contributed by atoms with E-state index in [1.165, 1.54) is 17.8 Å². The molecule has 1 aliphatic heterocycles. The summed E-state index contributed by atoms with van der Waals surface area (Å²) in [7, 11) is 0. The number of nitrogens with one attached hydrogen (secondary N) is 1. The van der Waals surface area contributed by atoms with Crippen LogP contribution in [0.15, 0.2) is 29.6 Å². The van der Waals surface area contributed by atoms with E-state index in [1.54, 1.807) is 29.6 Å². The van der Waals surface area contributed by atoms with E-state index in [9.17, 15) is 9.90 Å². The van der Waals surface area contributed by atoms with Crippen LogP contribution in [0.5, 0.6) is 0 Å². The van der Waals surface area contributed by atoms with E-state index in [-0.39, 0.29) is 12.5 Å². The highest BCUT2D eigenvalue weighted by Crippen LogP contribution is 2.24. The van der Waals surface area contributed by atoms with E-state index in [1.807, 2.05) is 6.07 Å². The van der Waals surface area contributed by atoms with E-state index in [0.29, 0.717) is 16.8 Å². The Morgan fingerprint density at radius 1 is 1.40 bits per heavy atom. The smallest absolute Gasteiger partial charge is 0.270 e. The Labute approximate surface area is 150 Å². The number of aromatic nitrogens is 1. The normalized spacial score (nSPS) is 15.4. The van der Waals surface area contributed by atoms with Crippen molar-refractivity contribution in [3.63, 3.8) is 0 Å². The number of carbonyl (C=O) groups is 1. The van der Waals surface area contributed by atoms with Crippen LogP contribution in [0.25, 0.3) is 0 Å². The third-order valence-electron chi connectivity index (χ3n) is 4.21. The topological polar surface area (TPSA) is 89.2 Å². The number of aliphatic hydroxyl groups excluding tert-OH is 1. The van der Waals surface area contributed by atoms with Crippen molar-refractivity contribution in [2.75, 3.05) is 24.5 Å². The van der Waals surface area contributed by atoms with Crippen molar-refractivity contribution in [1.29, 1.82) is 5.26 Å². The van der Waals surface area contributed by atoms with Crippen molar-refractivity contribution in [3.8, 4) is 6.07 Å². The fraction of sp³-hybridized carbons (Fsp3) is 0.389. The number of thiazole rings is 1. The van der Waals surface area contributed by atoms with Crippen LogP contribution < -0.4 is 10.2 Å². The van der Waals surface area contributed by atoms with Crippen molar-refractivity contribution < 1.29 is 9.90 Å². The minimum atomic E-state index is -0.863. The Kier molecular flexibility index (Phi) is 5.64. The van der Waals surface area contributed by atoms with Crippen LogP contribution in [0.2, 0.25) is 0 Å². The maximum Gasteiger partial charge on any atom is 0.270 e. The molecule has 1 saturated heterocycles. The quantitative estimate of drug-likeness (QED) is 0.859. The molecule has 0 saturated carbocycles. The summed E-state index contributed by atoms with van der Waals surface area (Å²) in [5.74, 6) is -0.296. The number of nitriles is 1. The van der Waals surface area contributed by atoms with Crippen molar-refractivity contribution in [2.24, 2.45) is 0 Å². The Morgan fingerprint density at radius 3 is 2.96 bits per heavy atom. The number of aliphatic hydroxyl groups is 1. The summed E-state index contributed by atoms with van der Waals surface area (Å²) in [6.07, 6.45) is 2.71. The second-order valence-electron chi connectivity index (χ2n) is 6.03. The van der Waals surface area contributed by atoms with Gasteiger partial charge in [0.05, 0.1) is 17.7 Å². The molecule has 2 aromatic rings. The molecule has 25 heavy (non-hydrogen) atoms.